The van der Waals surface area contributed by atoms with Gasteiger partial charge >= 0.3 is 5.97 Å². The van der Waals surface area contributed by atoms with Crippen molar-refractivity contribution >= 4 is 28.6 Å². The molecule has 0 aliphatic rings. The van der Waals surface area contributed by atoms with Gasteiger partial charge in [-0.1, -0.05) is 54.1 Å². The van der Waals surface area contributed by atoms with E-state index in [1.807, 2.05) is 42.5 Å². The molecule has 0 spiro atoms. The number of hydrogen-bond donors (Lipinski definition) is 1. The fourth-order valence-electron chi connectivity index (χ4n) is 3.17. The van der Waals surface area contributed by atoms with Crippen LogP contribution in [0.15, 0.2) is 72.8 Å². The van der Waals surface area contributed by atoms with Gasteiger partial charge in [-0.15, -0.1) is 0 Å². The average Bonchev–Trinajstić information content (AvgIpc) is 3.01. The van der Waals surface area contributed by atoms with Crippen LogP contribution in [-0.2, 0) is 13.0 Å². The smallest absolute Gasteiger partial charge is 0.335 e. The fraction of sp³-hybridized carbons (Fsp3) is 0.0909. The third-order valence-corrected chi connectivity index (χ3v) is 4.79. The monoisotopic (exact) mass is 376 g/mol. The molecule has 0 fully saturated rings. The Morgan fingerprint density at radius 1 is 0.963 bits per heavy atom. The highest BCUT2D eigenvalue weighted by Crippen LogP contribution is 2.22. The Morgan fingerprint density at radius 2 is 1.70 bits per heavy atom. The number of fused-ring (bicyclic) bond motifs is 1. The van der Waals surface area contributed by atoms with Crippen LogP contribution in [0.3, 0.4) is 0 Å². The van der Waals surface area contributed by atoms with Crippen molar-refractivity contribution in [1.29, 1.82) is 0 Å². The van der Waals surface area contributed by atoms with E-state index in [4.69, 9.17) is 16.6 Å². The van der Waals surface area contributed by atoms with E-state index in [-0.39, 0.29) is 5.56 Å². The molecule has 4 aromatic rings. The topological polar surface area (TPSA) is 55.1 Å². The van der Waals surface area contributed by atoms with Gasteiger partial charge in [-0.05, 0) is 41.5 Å². The molecule has 0 saturated heterocycles. The van der Waals surface area contributed by atoms with Gasteiger partial charge in [0.2, 0.25) is 0 Å². The molecule has 0 aliphatic carbocycles. The van der Waals surface area contributed by atoms with Gasteiger partial charge < -0.3 is 9.67 Å². The minimum Gasteiger partial charge on any atom is -0.478 e. The Labute approximate surface area is 161 Å². The number of benzene rings is 3. The number of aromatic nitrogens is 2. The van der Waals surface area contributed by atoms with E-state index >= 15 is 0 Å². The van der Waals surface area contributed by atoms with Crippen LogP contribution >= 0.6 is 11.6 Å². The van der Waals surface area contributed by atoms with Crippen molar-refractivity contribution in [3.8, 4) is 0 Å². The fourth-order valence-corrected chi connectivity index (χ4v) is 3.29. The zero-order chi connectivity index (χ0) is 18.8. The van der Waals surface area contributed by atoms with Crippen molar-refractivity contribution in [2.24, 2.45) is 0 Å². The second-order valence-electron chi connectivity index (χ2n) is 6.41. The minimum atomic E-state index is -0.941. The van der Waals surface area contributed by atoms with Crippen LogP contribution < -0.4 is 0 Å². The molecule has 0 saturated carbocycles. The number of hydrogen-bond acceptors (Lipinski definition) is 2. The van der Waals surface area contributed by atoms with Crippen LogP contribution in [-0.4, -0.2) is 20.6 Å². The lowest BCUT2D eigenvalue weighted by molar-refractivity contribution is 0.0697. The van der Waals surface area contributed by atoms with Crippen LogP contribution in [0.5, 0.6) is 0 Å². The van der Waals surface area contributed by atoms with E-state index in [1.165, 1.54) is 0 Å². The third kappa shape index (κ3) is 3.71. The number of rotatable bonds is 5. The summed E-state index contributed by atoms with van der Waals surface area (Å²) in [6, 6.07) is 22.8. The summed E-state index contributed by atoms with van der Waals surface area (Å²) >= 11 is 5.99. The Kier molecular flexibility index (Phi) is 4.65. The van der Waals surface area contributed by atoms with E-state index < -0.39 is 5.97 Å². The maximum Gasteiger partial charge on any atom is 0.335 e. The van der Waals surface area contributed by atoms with Gasteiger partial charge in [-0.25, -0.2) is 9.78 Å². The summed E-state index contributed by atoms with van der Waals surface area (Å²) in [5, 5.41) is 10.0. The molecule has 0 atom stereocenters. The van der Waals surface area contributed by atoms with Crippen LogP contribution in [0.2, 0.25) is 5.02 Å². The Morgan fingerprint density at radius 3 is 2.41 bits per heavy atom. The molecule has 1 heterocycles. The van der Waals surface area contributed by atoms with E-state index in [2.05, 4.69) is 16.7 Å². The second kappa shape index (κ2) is 7.25. The number of carboxylic acids is 1. The summed E-state index contributed by atoms with van der Waals surface area (Å²) in [6.45, 7) is 0.628. The van der Waals surface area contributed by atoms with E-state index in [9.17, 15) is 9.90 Å². The first-order chi connectivity index (χ1) is 13.1. The third-order valence-electron chi connectivity index (χ3n) is 4.53. The number of halogens is 1. The van der Waals surface area contributed by atoms with E-state index in [1.54, 1.807) is 18.2 Å². The molecule has 1 N–H and O–H groups in total. The van der Waals surface area contributed by atoms with Crippen LogP contribution in [0.25, 0.3) is 11.0 Å². The molecule has 5 heteroatoms. The van der Waals surface area contributed by atoms with Gasteiger partial charge in [0, 0.05) is 18.0 Å². The molecule has 0 unspecified atom stereocenters. The normalized spacial score (nSPS) is 11.0. The molecule has 4 nitrogen and oxygen atoms in total. The van der Waals surface area contributed by atoms with Crippen LogP contribution in [0.4, 0.5) is 0 Å². The van der Waals surface area contributed by atoms with Crippen molar-refractivity contribution in [2.75, 3.05) is 0 Å². The quantitative estimate of drug-likeness (QED) is 0.531. The average molecular weight is 377 g/mol. The zero-order valence-corrected chi connectivity index (χ0v) is 15.2. The molecule has 134 valence electrons. The summed E-state index contributed by atoms with van der Waals surface area (Å²) in [4.78, 5) is 16.2. The summed E-state index contributed by atoms with van der Waals surface area (Å²) in [5.41, 5.74) is 4.11. The Bertz CT molecular complexity index is 1100. The van der Waals surface area contributed by atoms with E-state index in [0.29, 0.717) is 18.0 Å². The first-order valence-corrected chi connectivity index (χ1v) is 8.99. The predicted molar refractivity (Wildman–Crippen MR) is 106 cm³/mol. The molecule has 0 radical (unpaired) electrons. The molecule has 0 aliphatic heterocycles. The number of nitrogens with zero attached hydrogens (tertiary/aromatic N) is 2. The van der Waals surface area contributed by atoms with Gasteiger partial charge in [0.05, 0.1) is 16.6 Å². The SMILES string of the molecule is O=C(O)c1ccc2nc(Cc3ccc(Cl)cc3)n(Cc3ccccc3)c2c1. The first-order valence-electron chi connectivity index (χ1n) is 8.61. The standard InChI is InChI=1S/C22H17ClN2O2/c23-18-9-6-15(7-10-18)12-21-24-19-11-8-17(22(26)27)13-20(19)25(21)14-16-4-2-1-3-5-16/h1-11,13H,12,14H2,(H,26,27). The van der Waals surface area contributed by atoms with Crippen molar-refractivity contribution < 1.29 is 9.90 Å². The van der Waals surface area contributed by atoms with Gasteiger partial charge in [-0.2, -0.15) is 0 Å². The van der Waals surface area contributed by atoms with Gasteiger partial charge in [0.25, 0.3) is 0 Å². The molecule has 27 heavy (non-hydrogen) atoms. The first kappa shape index (κ1) is 17.3. The van der Waals surface area contributed by atoms with Gasteiger partial charge in [0.15, 0.2) is 0 Å². The Balaban J connectivity index is 1.81. The van der Waals surface area contributed by atoms with Crippen molar-refractivity contribution in [3.05, 3.63) is 100 Å². The summed E-state index contributed by atoms with van der Waals surface area (Å²) < 4.78 is 2.09. The highest BCUT2D eigenvalue weighted by Gasteiger charge is 2.14. The molecular weight excluding hydrogens is 360 g/mol. The van der Waals surface area contributed by atoms with Gasteiger partial charge in [0.1, 0.15) is 5.82 Å². The molecule has 0 bridgehead atoms. The largest absolute Gasteiger partial charge is 0.478 e. The summed E-state index contributed by atoms with van der Waals surface area (Å²) in [5.74, 6) is -0.0534. The molecule has 3 aromatic carbocycles. The number of carboxylic acid groups (broad SMARTS) is 1. The maximum absolute atomic E-state index is 11.4. The summed E-state index contributed by atoms with van der Waals surface area (Å²) in [7, 11) is 0. The van der Waals surface area contributed by atoms with E-state index in [0.717, 1.165) is 28.0 Å². The van der Waals surface area contributed by atoms with Crippen LogP contribution in [0, 0.1) is 0 Å². The minimum absolute atomic E-state index is 0.259. The highest BCUT2D eigenvalue weighted by molar-refractivity contribution is 6.30. The number of carbonyl (C=O) groups is 1. The molecular formula is C22H17ClN2O2. The van der Waals surface area contributed by atoms with Crippen molar-refractivity contribution in [1.82, 2.24) is 9.55 Å². The molecule has 4 rings (SSSR count). The maximum atomic E-state index is 11.4. The lowest BCUT2D eigenvalue weighted by atomic mass is 10.1. The molecule has 1 aromatic heterocycles. The number of aromatic carboxylic acids is 1. The summed E-state index contributed by atoms with van der Waals surface area (Å²) in [6.07, 6.45) is 0.640. The lowest BCUT2D eigenvalue weighted by Crippen LogP contribution is -2.06. The predicted octanol–water partition coefficient (Wildman–Crippen LogP) is 5.03. The Hall–Kier alpha value is -3.11. The van der Waals surface area contributed by atoms with Gasteiger partial charge in [-0.3, -0.25) is 0 Å². The zero-order valence-electron chi connectivity index (χ0n) is 14.5. The van der Waals surface area contributed by atoms with Crippen LogP contribution in [0.1, 0.15) is 27.3 Å². The highest BCUT2D eigenvalue weighted by atomic mass is 35.5. The molecule has 0 amide bonds. The lowest BCUT2D eigenvalue weighted by Gasteiger charge is -2.10. The number of imidazole rings is 1. The van der Waals surface area contributed by atoms with Crippen molar-refractivity contribution in [2.45, 2.75) is 13.0 Å². The van der Waals surface area contributed by atoms with Crippen molar-refractivity contribution in [3.63, 3.8) is 0 Å². The second-order valence-corrected chi connectivity index (χ2v) is 6.85.